The molecule has 1 heterocycles. The van der Waals surface area contributed by atoms with Gasteiger partial charge >= 0.3 is 0 Å². The number of nitrogens with zero attached hydrogens (tertiary/aromatic N) is 2. The van der Waals surface area contributed by atoms with Crippen LogP contribution in [0.2, 0.25) is 0 Å². The van der Waals surface area contributed by atoms with Gasteiger partial charge < -0.3 is 5.21 Å². The van der Waals surface area contributed by atoms with Crippen LogP contribution >= 0.6 is 0 Å². The summed E-state index contributed by atoms with van der Waals surface area (Å²) in [6, 6.07) is 3.28. The highest BCUT2D eigenvalue weighted by Gasteiger charge is 2.05. The molecule has 0 aromatic carbocycles. The Balaban J connectivity index is 3.00. The number of rotatable bonds is 1. The molecular weight excluding hydrogens is 136 g/mol. The van der Waals surface area contributed by atoms with Gasteiger partial charge in [0.2, 0.25) is 0 Å². The van der Waals surface area contributed by atoms with Gasteiger partial charge in [-0.2, -0.15) is 4.73 Å². The fourth-order valence-electron chi connectivity index (χ4n) is 0.479. The highest BCUT2D eigenvalue weighted by atomic mass is 16.6. The fraction of sp³-hybridized carbons (Fsp3) is 0. The van der Waals surface area contributed by atoms with E-state index in [9.17, 15) is 15.3 Å². The Morgan fingerprint density at radius 1 is 1.70 bits per heavy atom. The molecule has 1 aromatic rings. The highest BCUT2D eigenvalue weighted by molar-refractivity contribution is 5.21. The van der Waals surface area contributed by atoms with E-state index in [1.54, 1.807) is 0 Å². The Hall–Kier alpha value is -1.65. The van der Waals surface area contributed by atoms with Gasteiger partial charge in [0.1, 0.15) is 6.07 Å². The van der Waals surface area contributed by atoms with Gasteiger partial charge in [0.05, 0.1) is 11.0 Å². The molecule has 0 fully saturated rings. The Kier molecular flexibility index (Phi) is 1.49. The van der Waals surface area contributed by atoms with Crippen LogP contribution in [0.3, 0.4) is 0 Å². The third-order valence-corrected chi connectivity index (χ3v) is 0.916. The first-order valence-electron chi connectivity index (χ1n) is 2.45. The Labute approximate surface area is 56.3 Å². The van der Waals surface area contributed by atoms with Crippen molar-refractivity contribution in [2.75, 3.05) is 0 Å². The lowest BCUT2D eigenvalue weighted by atomic mass is 10.4. The molecule has 5 heteroatoms. The van der Waals surface area contributed by atoms with Crippen molar-refractivity contribution in [1.29, 1.82) is 0 Å². The first-order chi connectivity index (χ1) is 4.70. The summed E-state index contributed by atoms with van der Waals surface area (Å²) in [4.78, 5) is 9.36. The molecule has 0 aliphatic rings. The molecule has 0 unspecified atom stereocenters. The van der Waals surface area contributed by atoms with E-state index in [0.29, 0.717) is 4.73 Å². The van der Waals surface area contributed by atoms with Crippen molar-refractivity contribution in [3.8, 4) is 0 Å². The van der Waals surface area contributed by atoms with E-state index in [2.05, 4.69) is 6.07 Å². The summed E-state index contributed by atoms with van der Waals surface area (Å²) >= 11 is 0. The molecule has 1 aromatic heterocycles. The van der Waals surface area contributed by atoms with Crippen LogP contribution in [-0.4, -0.2) is 4.92 Å². The summed E-state index contributed by atoms with van der Waals surface area (Å²) in [6.07, 6.45) is 2.01. The predicted octanol–water partition coefficient (Wildman–Crippen LogP) is 0.0284. The van der Waals surface area contributed by atoms with Crippen molar-refractivity contribution >= 4 is 5.69 Å². The molecule has 0 amide bonds. The van der Waals surface area contributed by atoms with Crippen LogP contribution in [0.4, 0.5) is 5.69 Å². The van der Waals surface area contributed by atoms with Gasteiger partial charge in [-0.15, -0.1) is 0 Å². The molecule has 0 saturated carbocycles. The topological polar surface area (TPSA) is 70.1 Å². The molecule has 0 aliphatic carbocycles. The number of hydrogen-bond donors (Lipinski definition) is 0. The molecule has 0 N–H and O–H groups in total. The maximum absolute atomic E-state index is 10.3. The lowest BCUT2D eigenvalue weighted by molar-refractivity contribution is -0.606. The van der Waals surface area contributed by atoms with Gasteiger partial charge in [-0.3, -0.25) is 10.1 Å². The van der Waals surface area contributed by atoms with Gasteiger partial charge in [0.25, 0.3) is 5.69 Å². The summed E-state index contributed by atoms with van der Waals surface area (Å²) in [5.74, 6) is 0. The van der Waals surface area contributed by atoms with Gasteiger partial charge in [0.15, 0.2) is 12.4 Å². The summed E-state index contributed by atoms with van der Waals surface area (Å²) < 4.78 is 0.438. The maximum atomic E-state index is 10.3. The number of hydrogen-bond acceptors (Lipinski definition) is 3. The first-order valence-corrected chi connectivity index (χ1v) is 2.45. The van der Waals surface area contributed by atoms with Gasteiger partial charge in [-0.05, 0) is 0 Å². The second kappa shape index (κ2) is 2.30. The van der Waals surface area contributed by atoms with Crippen molar-refractivity contribution in [3.05, 3.63) is 39.8 Å². The SMILES string of the molecule is O=[N+]([O-])c1[c]c[n+]([O-])cc1. The molecule has 1 rings (SSSR count). The van der Waals surface area contributed by atoms with Crippen LogP contribution in [0, 0.1) is 21.4 Å². The zero-order chi connectivity index (χ0) is 7.56. The molecular formula is C5H3N2O3. The van der Waals surface area contributed by atoms with Crippen LogP contribution in [0.5, 0.6) is 0 Å². The minimum atomic E-state index is -0.611. The van der Waals surface area contributed by atoms with Crippen LogP contribution < -0.4 is 4.73 Å². The Bertz CT molecular complexity index is 244. The fourth-order valence-corrected chi connectivity index (χ4v) is 0.479. The Morgan fingerprint density at radius 2 is 2.40 bits per heavy atom. The minimum Gasteiger partial charge on any atom is -0.619 e. The highest BCUT2D eigenvalue weighted by Crippen LogP contribution is 2.03. The van der Waals surface area contributed by atoms with Gasteiger partial charge in [-0.25, -0.2) is 0 Å². The summed E-state index contributed by atoms with van der Waals surface area (Å²) in [7, 11) is 0. The maximum Gasteiger partial charge on any atom is 0.289 e. The largest absolute Gasteiger partial charge is 0.619 e. The van der Waals surface area contributed by atoms with Crippen LogP contribution in [0.15, 0.2) is 18.5 Å². The van der Waals surface area contributed by atoms with E-state index in [0.717, 1.165) is 18.5 Å². The van der Waals surface area contributed by atoms with Crippen molar-refractivity contribution in [2.24, 2.45) is 0 Å². The Morgan fingerprint density at radius 3 is 2.80 bits per heavy atom. The van der Waals surface area contributed by atoms with Gasteiger partial charge in [0, 0.05) is 0 Å². The number of pyridine rings is 1. The molecule has 0 saturated heterocycles. The smallest absolute Gasteiger partial charge is 0.289 e. The van der Waals surface area contributed by atoms with Gasteiger partial charge in [-0.1, -0.05) is 0 Å². The molecule has 0 atom stereocenters. The number of nitro groups is 1. The molecule has 0 aliphatic heterocycles. The lowest BCUT2D eigenvalue weighted by Crippen LogP contribution is -2.23. The molecule has 0 spiro atoms. The van der Waals surface area contributed by atoms with Crippen molar-refractivity contribution in [1.82, 2.24) is 0 Å². The van der Waals surface area contributed by atoms with Crippen LogP contribution in [0.25, 0.3) is 0 Å². The monoisotopic (exact) mass is 139 g/mol. The van der Waals surface area contributed by atoms with Crippen LogP contribution in [0.1, 0.15) is 0 Å². The summed E-state index contributed by atoms with van der Waals surface area (Å²) in [6.45, 7) is 0. The molecule has 1 radical (unpaired) electrons. The van der Waals surface area contributed by atoms with Crippen LogP contribution in [-0.2, 0) is 0 Å². The third kappa shape index (κ3) is 1.19. The first kappa shape index (κ1) is 6.47. The van der Waals surface area contributed by atoms with E-state index in [1.807, 2.05) is 0 Å². The summed E-state index contributed by atoms with van der Waals surface area (Å²) in [5, 5.41) is 20.3. The number of aromatic nitrogens is 1. The van der Waals surface area contributed by atoms with E-state index >= 15 is 0 Å². The second-order valence-electron chi connectivity index (χ2n) is 1.59. The van der Waals surface area contributed by atoms with E-state index in [1.165, 1.54) is 0 Å². The minimum absolute atomic E-state index is 0.202. The molecule has 10 heavy (non-hydrogen) atoms. The third-order valence-electron chi connectivity index (χ3n) is 0.916. The second-order valence-corrected chi connectivity index (χ2v) is 1.59. The van der Waals surface area contributed by atoms with E-state index < -0.39 is 4.92 Å². The molecule has 0 bridgehead atoms. The van der Waals surface area contributed by atoms with E-state index in [-0.39, 0.29) is 5.69 Å². The van der Waals surface area contributed by atoms with E-state index in [4.69, 9.17) is 0 Å². The summed E-state index contributed by atoms with van der Waals surface area (Å²) in [5.41, 5.74) is -0.202. The normalized spacial score (nSPS) is 9.20. The standard InChI is InChI=1S/C5H3N2O3/c8-6-3-1-5(2-4-6)7(9)10/h1,3-4H. The average molecular weight is 139 g/mol. The molecule has 5 nitrogen and oxygen atoms in total. The molecule has 51 valence electrons. The van der Waals surface area contributed by atoms with Crippen molar-refractivity contribution in [3.63, 3.8) is 0 Å². The quantitative estimate of drug-likeness (QED) is 0.238. The zero-order valence-corrected chi connectivity index (χ0v) is 4.85. The average Bonchev–Trinajstić information content (AvgIpc) is 1.88. The van der Waals surface area contributed by atoms with Crippen molar-refractivity contribution < 1.29 is 9.65 Å². The lowest BCUT2D eigenvalue weighted by Gasteiger charge is -1.91. The van der Waals surface area contributed by atoms with Crippen molar-refractivity contribution in [2.45, 2.75) is 0 Å². The zero-order valence-electron chi connectivity index (χ0n) is 4.85. The predicted molar refractivity (Wildman–Crippen MR) is 30.9 cm³/mol.